The van der Waals surface area contributed by atoms with Crippen molar-refractivity contribution in [3.05, 3.63) is 0 Å². The molecule has 0 spiro atoms. The Morgan fingerprint density at radius 3 is 1.41 bits per heavy atom. The van der Waals surface area contributed by atoms with Gasteiger partial charge in [0.15, 0.2) is 0 Å². The van der Waals surface area contributed by atoms with Crippen LogP contribution in [0.15, 0.2) is 0 Å². The lowest BCUT2D eigenvalue weighted by molar-refractivity contribution is -0.138. The first-order chi connectivity index (χ1) is 12.9. The Labute approximate surface area is 170 Å². The number of carboxylic acids is 1. The van der Waals surface area contributed by atoms with Gasteiger partial charge in [0, 0.05) is 0 Å². The second-order valence-corrected chi connectivity index (χ2v) is 12.4. The van der Waals surface area contributed by atoms with E-state index in [1.807, 2.05) is 0 Å². The summed E-state index contributed by atoms with van der Waals surface area (Å²) in [7, 11) is -0.562. The fourth-order valence-corrected chi connectivity index (χ4v) is 8.57. The molecule has 1 radical (unpaired) electrons. The number of carbonyl (C=O) groups is 1. The van der Waals surface area contributed by atoms with Crippen molar-refractivity contribution in [2.24, 2.45) is 11.5 Å². The van der Waals surface area contributed by atoms with Crippen LogP contribution >= 0.6 is 7.26 Å². The minimum atomic E-state index is -0.933. The molecule has 0 heterocycles. The van der Waals surface area contributed by atoms with Crippen molar-refractivity contribution in [2.45, 2.75) is 104 Å². The first-order valence-electron chi connectivity index (χ1n) is 11.5. The molecule has 0 aromatic rings. The van der Waals surface area contributed by atoms with E-state index in [9.17, 15) is 4.79 Å². The van der Waals surface area contributed by atoms with E-state index >= 15 is 0 Å². The van der Waals surface area contributed by atoms with Gasteiger partial charge >= 0.3 is 5.97 Å². The summed E-state index contributed by atoms with van der Waals surface area (Å²) in [6.07, 6.45) is 20.1. The van der Waals surface area contributed by atoms with Crippen LogP contribution in [0, 0.1) is 0 Å². The van der Waals surface area contributed by atoms with Crippen molar-refractivity contribution < 1.29 is 9.90 Å². The first kappa shape index (κ1) is 29.0. The largest absolute Gasteiger partial charge is 0.480 e. The number of carboxylic acid groups (broad SMARTS) is 1. The Balaban J connectivity index is 0. The van der Waals surface area contributed by atoms with Gasteiger partial charge in [-0.25, -0.2) is 0 Å². The van der Waals surface area contributed by atoms with E-state index in [4.69, 9.17) is 16.6 Å². The van der Waals surface area contributed by atoms with Gasteiger partial charge in [0.25, 0.3) is 0 Å². The topological polar surface area (TPSA) is 89.3 Å². The summed E-state index contributed by atoms with van der Waals surface area (Å²) in [5.41, 5.74) is 10.4. The molecule has 1 atom stereocenters. The molecule has 0 aliphatic heterocycles. The van der Waals surface area contributed by atoms with Gasteiger partial charge in [-0.1, -0.05) is 59.8 Å². The minimum Gasteiger partial charge on any atom is -0.480 e. The standard InChI is InChI=1S/C16H36P.C6H14N2O2/c1-5-9-13-17(14-10-6-2,15-11-7-3)16-12-8-4;7-4-2-1-3-5(8)6(9)10/h5-16H2,1-4H3;5H,1-4,7-8H2,(H,9,10). The molecule has 4 nitrogen and oxygen atoms in total. The average Bonchev–Trinajstić information content (AvgIpc) is 2.67. The summed E-state index contributed by atoms with van der Waals surface area (Å²) < 4.78 is 0. The van der Waals surface area contributed by atoms with Gasteiger partial charge in [0.2, 0.25) is 0 Å². The predicted octanol–water partition coefficient (Wildman–Crippen LogP) is 5.73. The van der Waals surface area contributed by atoms with Crippen LogP contribution in [0.2, 0.25) is 0 Å². The fraction of sp³-hybridized carbons (Fsp3) is 0.955. The van der Waals surface area contributed by atoms with E-state index in [1.165, 1.54) is 51.4 Å². The summed E-state index contributed by atoms with van der Waals surface area (Å²) in [6.45, 7) is 10.0. The smallest absolute Gasteiger partial charge is 0.320 e. The highest BCUT2D eigenvalue weighted by Crippen LogP contribution is 2.61. The maximum Gasteiger partial charge on any atom is 0.320 e. The molecule has 0 aliphatic rings. The Bertz CT molecular complexity index is 290. The Morgan fingerprint density at radius 1 is 0.778 bits per heavy atom. The third-order valence-corrected chi connectivity index (χ3v) is 10.3. The molecule has 0 saturated carbocycles. The highest BCUT2D eigenvalue weighted by Gasteiger charge is 2.24. The van der Waals surface area contributed by atoms with Gasteiger partial charge in [-0.15, -0.1) is 7.26 Å². The highest BCUT2D eigenvalue weighted by atomic mass is 31.2. The van der Waals surface area contributed by atoms with Gasteiger partial charge in [0.05, 0.1) is 0 Å². The van der Waals surface area contributed by atoms with Crippen molar-refractivity contribution >= 4 is 13.2 Å². The third-order valence-electron chi connectivity index (χ3n) is 5.23. The molecule has 0 rings (SSSR count). The molecule has 5 heteroatoms. The molecule has 0 aromatic heterocycles. The first-order valence-corrected chi connectivity index (χ1v) is 14.0. The van der Waals surface area contributed by atoms with Crippen LogP contribution in [-0.4, -0.2) is 48.3 Å². The second kappa shape index (κ2) is 20.6. The Kier molecular flexibility index (Phi) is 22.1. The van der Waals surface area contributed by atoms with Crippen LogP contribution in [0.4, 0.5) is 0 Å². The summed E-state index contributed by atoms with van der Waals surface area (Å²) in [4.78, 5) is 10.1. The maximum absolute atomic E-state index is 10.1. The van der Waals surface area contributed by atoms with E-state index in [0.29, 0.717) is 13.0 Å². The fourth-order valence-electron chi connectivity index (χ4n) is 3.28. The van der Waals surface area contributed by atoms with Crippen LogP contribution in [0.1, 0.15) is 98.3 Å². The molecule has 0 amide bonds. The quantitative estimate of drug-likeness (QED) is 0.213. The summed E-state index contributed by atoms with van der Waals surface area (Å²) in [5.74, 6) is -0.933. The summed E-state index contributed by atoms with van der Waals surface area (Å²) in [5, 5.41) is 8.33. The lowest BCUT2D eigenvalue weighted by Gasteiger charge is -2.37. The molecule has 5 N–H and O–H groups in total. The zero-order valence-electron chi connectivity index (χ0n) is 18.8. The molecule has 165 valence electrons. The molecule has 0 saturated heterocycles. The molecular formula is C22H50N2O2P. The van der Waals surface area contributed by atoms with Crippen molar-refractivity contribution in [1.29, 1.82) is 0 Å². The van der Waals surface area contributed by atoms with Crippen molar-refractivity contribution in [2.75, 3.05) is 31.2 Å². The van der Waals surface area contributed by atoms with E-state index < -0.39 is 19.3 Å². The Morgan fingerprint density at radius 2 is 1.15 bits per heavy atom. The van der Waals surface area contributed by atoms with Crippen LogP contribution in [0.5, 0.6) is 0 Å². The number of rotatable bonds is 17. The molecule has 0 aromatic carbocycles. The molecule has 27 heavy (non-hydrogen) atoms. The van der Waals surface area contributed by atoms with Crippen LogP contribution in [-0.2, 0) is 4.79 Å². The number of hydrogen-bond acceptors (Lipinski definition) is 3. The van der Waals surface area contributed by atoms with E-state index in [1.54, 1.807) is 24.6 Å². The lowest BCUT2D eigenvalue weighted by atomic mass is 10.1. The highest BCUT2D eigenvalue weighted by molar-refractivity contribution is 7.75. The second-order valence-electron chi connectivity index (χ2n) is 7.88. The SMILES string of the molecule is CCCC[P](CCCC)(CCCC)CCCC.NCCCCC(N)C(=O)O. The van der Waals surface area contributed by atoms with Crippen molar-refractivity contribution in [1.82, 2.24) is 0 Å². The lowest BCUT2D eigenvalue weighted by Crippen LogP contribution is -2.29. The zero-order chi connectivity index (χ0) is 21.0. The van der Waals surface area contributed by atoms with Gasteiger partial charge in [-0.3, -0.25) is 4.79 Å². The molecule has 0 aliphatic carbocycles. The van der Waals surface area contributed by atoms with Crippen LogP contribution < -0.4 is 11.5 Å². The maximum atomic E-state index is 10.1. The van der Waals surface area contributed by atoms with Gasteiger partial charge in [0.1, 0.15) is 6.04 Å². The van der Waals surface area contributed by atoms with Crippen molar-refractivity contribution in [3.63, 3.8) is 0 Å². The summed E-state index contributed by atoms with van der Waals surface area (Å²) >= 11 is 0. The average molecular weight is 406 g/mol. The number of hydrogen-bond donors (Lipinski definition) is 3. The number of unbranched alkanes of at least 4 members (excludes halogenated alkanes) is 5. The zero-order valence-corrected chi connectivity index (χ0v) is 19.7. The Hall–Kier alpha value is -0.180. The van der Waals surface area contributed by atoms with Crippen molar-refractivity contribution in [3.8, 4) is 0 Å². The van der Waals surface area contributed by atoms with Gasteiger partial charge in [-0.2, -0.15) is 0 Å². The van der Waals surface area contributed by atoms with Gasteiger partial charge < -0.3 is 16.6 Å². The normalized spacial score (nSPS) is 12.4. The molecule has 1 unspecified atom stereocenters. The monoisotopic (exact) mass is 405 g/mol. The summed E-state index contributed by atoms with van der Waals surface area (Å²) in [6, 6.07) is -0.716. The predicted molar refractivity (Wildman–Crippen MR) is 125 cm³/mol. The van der Waals surface area contributed by atoms with Crippen LogP contribution in [0.25, 0.3) is 0 Å². The minimum absolute atomic E-state index is 0.520. The van der Waals surface area contributed by atoms with E-state index in [0.717, 1.165) is 12.8 Å². The molecule has 0 bridgehead atoms. The van der Waals surface area contributed by atoms with Crippen LogP contribution in [0.3, 0.4) is 0 Å². The van der Waals surface area contributed by atoms with E-state index in [-0.39, 0.29) is 0 Å². The number of aliphatic carboxylic acids is 1. The molecular weight excluding hydrogens is 355 g/mol. The molecule has 0 fully saturated rings. The van der Waals surface area contributed by atoms with Gasteiger partial charge in [-0.05, 0) is 69.7 Å². The number of nitrogens with two attached hydrogens (primary N) is 2. The van der Waals surface area contributed by atoms with E-state index in [2.05, 4.69) is 27.7 Å². The third kappa shape index (κ3) is 17.6.